The van der Waals surface area contributed by atoms with Crippen molar-refractivity contribution in [3.63, 3.8) is 0 Å². The number of benzene rings is 2. The molecule has 0 saturated carbocycles. The molecule has 0 bridgehead atoms. The molecule has 4 N–H and O–H groups in total. The fraction of sp³-hybridized carbons (Fsp3) is 0.462. The lowest BCUT2D eigenvalue weighted by molar-refractivity contribution is -0.121. The van der Waals surface area contributed by atoms with Gasteiger partial charge >= 0.3 is 0 Å². The van der Waals surface area contributed by atoms with Gasteiger partial charge in [-0.25, -0.2) is 17.2 Å². The number of sulfone groups is 1. The minimum absolute atomic E-state index is 0.000812. The van der Waals surface area contributed by atoms with E-state index in [4.69, 9.17) is 5.73 Å². The fourth-order valence-corrected chi connectivity index (χ4v) is 6.01. The first-order chi connectivity index (χ1) is 16.7. The van der Waals surface area contributed by atoms with Crippen molar-refractivity contribution < 1.29 is 22.0 Å². The molecule has 0 aliphatic heterocycles. The summed E-state index contributed by atoms with van der Waals surface area (Å²) in [5.41, 5.74) is 7.73. The van der Waals surface area contributed by atoms with Crippen LogP contribution in [0.15, 0.2) is 42.5 Å². The summed E-state index contributed by atoms with van der Waals surface area (Å²) in [6, 6.07) is 9.80. The number of rotatable bonds is 15. The quantitative estimate of drug-likeness (QED) is 0.319. The Bertz CT molecular complexity index is 1040. The van der Waals surface area contributed by atoms with Crippen molar-refractivity contribution >= 4 is 15.7 Å². The lowest BCUT2D eigenvalue weighted by atomic mass is 10.0. The zero-order valence-corrected chi connectivity index (χ0v) is 21.2. The van der Waals surface area contributed by atoms with E-state index >= 15 is 0 Å². The lowest BCUT2D eigenvalue weighted by Gasteiger charge is -2.29. The number of carbonyl (C=O) groups is 1. The molecule has 35 heavy (non-hydrogen) atoms. The molecule has 193 valence electrons. The van der Waals surface area contributed by atoms with Gasteiger partial charge < -0.3 is 16.4 Å². The minimum atomic E-state index is -3.87. The van der Waals surface area contributed by atoms with Crippen molar-refractivity contribution in [1.29, 1.82) is 0 Å². The first kappa shape index (κ1) is 28.9. The summed E-state index contributed by atoms with van der Waals surface area (Å²) >= 11 is 0. The van der Waals surface area contributed by atoms with Crippen molar-refractivity contribution in [1.82, 2.24) is 10.6 Å². The van der Waals surface area contributed by atoms with Gasteiger partial charge in [-0.05, 0) is 48.1 Å². The fourth-order valence-electron chi connectivity index (χ4n) is 3.88. The third-order valence-electron chi connectivity index (χ3n) is 5.65. The summed E-state index contributed by atoms with van der Waals surface area (Å²) in [6.45, 7) is 4.82. The molecule has 1 unspecified atom stereocenters. The molecule has 6 nitrogen and oxygen atoms in total. The highest BCUT2D eigenvalue weighted by Gasteiger charge is 2.36. The largest absolute Gasteiger partial charge is 0.351 e. The van der Waals surface area contributed by atoms with Gasteiger partial charge in [-0.1, -0.05) is 44.5 Å². The molecule has 2 atom stereocenters. The molecule has 0 heterocycles. The van der Waals surface area contributed by atoms with Crippen LogP contribution >= 0.6 is 0 Å². The minimum Gasteiger partial charge on any atom is -0.351 e. The van der Waals surface area contributed by atoms with Crippen LogP contribution in [0.4, 0.5) is 8.78 Å². The lowest BCUT2D eigenvalue weighted by Crippen LogP contribution is -2.45. The number of hydrogen-bond donors (Lipinski definition) is 3. The van der Waals surface area contributed by atoms with Crippen molar-refractivity contribution in [2.24, 2.45) is 5.73 Å². The van der Waals surface area contributed by atoms with Gasteiger partial charge in [-0.2, -0.15) is 0 Å². The maximum absolute atomic E-state index is 14.1. The maximum Gasteiger partial charge on any atom is 0.221 e. The molecular formula is C26H36F2N3O3S. The Kier molecular flexibility index (Phi) is 11.8. The summed E-state index contributed by atoms with van der Waals surface area (Å²) in [4.78, 5) is 12.4. The summed E-state index contributed by atoms with van der Waals surface area (Å²) < 4.78 is 54.9. The molecule has 2 rings (SSSR count). The number of hydrogen-bond acceptors (Lipinski definition) is 5. The highest BCUT2D eigenvalue weighted by molar-refractivity contribution is 7.91. The molecule has 2 aromatic carbocycles. The Morgan fingerprint density at radius 2 is 1.77 bits per heavy atom. The van der Waals surface area contributed by atoms with E-state index in [1.54, 1.807) is 6.42 Å². The second-order valence-electron chi connectivity index (χ2n) is 8.52. The summed E-state index contributed by atoms with van der Waals surface area (Å²) in [6.07, 6.45) is 3.58. The summed E-state index contributed by atoms with van der Waals surface area (Å²) in [5.74, 6) is -2.36. The van der Waals surface area contributed by atoms with Crippen LogP contribution in [-0.2, 0) is 27.6 Å². The molecule has 1 radical (unpaired) electrons. The predicted molar refractivity (Wildman–Crippen MR) is 135 cm³/mol. The first-order valence-electron chi connectivity index (χ1n) is 12.0. The molecule has 2 aromatic rings. The van der Waals surface area contributed by atoms with Gasteiger partial charge in [0.15, 0.2) is 9.84 Å². The van der Waals surface area contributed by atoms with E-state index in [0.717, 1.165) is 24.1 Å². The standard InChI is InChI=1S/C26H36F2N3O3S/c1-3-5-13-35(33,34)26(21-15-22(27)17-23(28)16-21)24(31-25(32)9-11-29)10-12-30-18-20-8-6-7-19(4-2)14-20/h6-8,10,14-17,24,26,30H,3-5,9,11-13,18,29H2,1-2H3,(H,31,32)/t24-,26?/m0/s1. The second-order valence-corrected chi connectivity index (χ2v) is 10.8. The van der Waals surface area contributed by atoms with E-state index < -0.39 is 38.7 Å². The van der Waals surface area contributed by atoms with Crippen molar-refractivity contribution in [3.8, 4) is 0 Å². The van der Waals surface area contributed by atoms with E-state index in [2.05, 4.69) is 23.6 Å². The molecule has 0 spiro atoms. The molecule has 9 heteroatoms. The zero-order valence-electron chi connectivity index (χ0n) is 20.4. The molecular weight excluding hydrogens is 472 g/mol. The highest BCUT2D eigenvalue weighted by atomic mass is 32.2. The smallest absolute Gasteiger partial charge is 0.221 e. The summed E-state index contributed by atoms with van der Waals surface area (Å²) in [5, 5.41) is 4.61. The number of aryl methyl sites for hydroxylation is 1. The van der Waals surface area contributed by atoms with Crippen LogP contribution in [0.1, 0.15) is 55.1 Å². The number of nitrogens with two attached hydrogens (primary N) is 1. The molecule has 0 fully saturated rings. The third-order valence-corrected chi connectivity index (χ3v) is 7.85. The van der Waals surface area contributed by atoms with Gasteiger partial charge in [0, 0.05) is 32.1 Å². The molecule has 0 aliphatic carbocycles. The average Bonchev–Trinajstić information content (AvgIpc) is 2.80. The van der Waals surface area contributed by atoms with Crippen LogP contribution < -0.4 is 16.4 Å². The first-order valence-corrected chi connectivity index (χ1v) is 13.7. The number of halogens is 2. The monoisotopic (exact) mass is 508 g/mol. The van der Waals surface area contributed by atoms with Crippen LogP contribution in [0, 0.1) is 18.1 Å². The predicted octanol–water partition coefficient (Wildman–Crippen LogP) is 3.61. The number of amides is 1. The SMILES string of the molecule is CCCCS(=O)(=O)C(c1cc(F)cc(F)c1)[C@H]([CH]CNCc1cccc(CC)c1)NC(=O)CCN. The maximum atomic E-state index is 14.1. The topological polar surface area (TPSA) is 101 Å². The van der Waals surface area contributed by atoms with Crippen molar-refractivity contribution in [2.75, 3.05) is 18.8 Å². The highest BCUT2D eigenvalue weighted by Crippen LogP contribution is 2.30. The van der Waals surface area contributed by atoms with Gasteiger partial charge in [0.2, 0.25) is 5.91 Å². The van der Waals surface area contributed by atoms with E-state index in [0.29, 0.717) is 25.5 Å². The Labute approximate surface area is 207 Å². The van der Waals surface area contributed by atoms with Gasteiger partial charge in [-0.3, -0.25) is 4.79 Å². The van der Waals surface area contributed by atoms with Gasteiger partial charge in [0.05, 0.1) is 11.8 Å². The zero-order chi connectivity index (χ0) is 25.8. The van der Waals surface area contributed by atoms with E-state index in [9.17, 15) is 22.0 Å². The summed E-state index contributed by atoms with van der Waals surface area (Å²) in [7, 11) is -3.87. The molecule has 0 aliphatic rings. The van der Waals surface area contributed by atoms with Gasteiger partial charge in [-0.15, -0.1) is 0 Å². The van der Waals surface area contributed by atoms with E-state index in [1.165, 1.54) is 5.56 Å². The van der Waals surface area contributed by atoms with Crippen LogP contribution in [0.2, 0.25) is 0 Å². The van der Waals surface area contributed by atoms with Crippen LogP contribution in [0.3, 0.4) is 0 Å². The van der Waals surface area contributed by atoms with Gasteiger partial charge in [0.25, 0.3) is 0 Å². The molecule has 0 aromatic heterocycles. The van der Waals surface area contributed by atoms with Crippen LogP contribution in [0.5, 0.6) is 0 Å². The third kappa shape index (κ3) is 9.31. The average molecular weight is 509 g/mol. The van der Waals surface area contributed by atoms with E-state index in [-0.39, 0.29) is 30.8 Å². The Morgan fingerprint density at radius 1 is 1.09 bits per heavy atom. The van der Waals surface area contributed by atoms with Gasteiger partial charge in [0.1, 0.15) is 16.9 Å². The number of carbonyl (C=O) groups excluding carboxylic acids is 1. The molecule has 1 amide bonds. The second kappa shape index (κ2) is 14.3. The van der Waals surface area contributed by atoms with Crippen LogP contribution in [-0.4, -0.2) is 39.2 Å². The van der Waals surface area contributed by atoms with Crippen LogP contribution in [0.25, 0.3) is 0 Å². The van der Waals surface area contributed by atoms with Crippen molar-refractivity contribution in [3.05, 3.63) is 77.2 Å². The Hall–Kier alpha value is -2.36. The Morgan fingerprint density at radius 3 is 2.40 bits per heavy atom. The number of nitrogens with one attached hydrogen (secondary N) is 2. The molecule has 0 saturated heterocycles. The normalized spacial score (nSPS) is 13.4. The van der Waals surface area contributed by atoms with E-state index in [1.807, 2.05) is 25.1 Å². The Balaban J connectivity index is 2.30. The van der Waals surface area contributed by atoms with Crippen molar-refractivity contribution in [2.45, 2.75) is 57.4 Å². The number of unbranched alkanes of at least 4 members (excludes halogenated alkanes) is 1.